The number of benzene rings is 1. The number of fused-ring (bicyclic) bond motifs is 1. The van der Waals surface area contributed by atoms with Gasteiger partial charge < -0.3 is 11.1 Å². The minimum atomic E-state index is -0.519. The number of carbonyl (C=O) groups excluding carboxylic acids is 3. The fourth-order valence-corrected chi connectivity index (χ4v) is 4.40. The molecule has 0 aliphatic carbocycles. The highest BCUT2D eigenvalue weighted by molar-refractivity contribution is 7.17. The topological polar surface area (TPSA) is 92.5 Å². The molecular formula is C19H21N3O3S. The van der Waals surface area contributed by atoms with Crippen LogP contribution in [0, 0.1) is 0 Å². The maximum absolute atomic E-state index is 12.6. The van der Waals surface area contributed by atoms with Crippen molar-refractivity contribution in [1.82, 2.24) is 4.90 Å². The summed E-state index contributed by atoms with van der Waals surface area (Å²) >= 11 is 1.41. The Morgan fingerprint density at radius 3 is 2.42 bits per heavy atom. The van der Waals surface area contributed by atoms with E-state index in [4.69, 9.17) is 5.73 Å². The number of primary amides is 1. The summed E-state index contributed by atoms with van der Waals surface area (Å²) in [5, 5.41) is 3.32. The van der Waals surface area contributed by atoms with Crippen LogP contribution in [0.4, 0.5) is 5.00 Å². The number of rotatable bonds is 5. The number of thiophene rings is 1. The molecule has 7 heteroatoms. The van der Waals surface area contributed by atoms with Gasteiger partial charge in [0.05, 0.1) is 5.56 Å². The maximum Gasteiger partial charge on any atom is 0.256 e. The summed E-state index contributed by atoms with van der Waals surface area (Å²) in [5.74, 6) is -0.900. The molecule has 2 heterocycles. The van der Waals surface area contributed by atoms with Gasteiger partial charge in [0.2, 0.25) is 0 Å². The molecule has 0 bridgehead atoms. The molecule has 0 fully saturated rings. The van der Waals surface area contributed by atoms with E-state index in [1.807, 2.05) is 0 Å². The molecule has 136 valence electrons. The van der Waals surface area contributed by atoms with Gasteiger partial charge in [-0.25, -0.2) is 0 Å². The molecule has 0 saturated heterocycles. The number of Topliss-reactive ketones (excluding diaryl/α,β-unsaturated/α-hetero) is 1. The number of ketones is 1. The fraction of sp³-hybridized carbons (Fsp3) is 0.316. The average Bonchev–Trinajstić information content (AvgIpc) is 2.98. The van der Waals surface area contributed by atoms with E-state index in [2.05, 4.69) is 17.1 Å². The first-order valence-corrected chi connectivity index (χ1v) is 9.31. The van der Waals surface area contributed by atoms with Crippen molar-refractivity contribution in [2.24, 2.45) is 5.73 Å². The Morgan fingerprint density at radius 2 is 1.85 bits per heavy atom. The lowest BCUT2D eigenvalue weighted by atomic mass is 10.0. The van der Waals surface area contributed by atoms with Crippen LogP contribution in [0.2, 0.25) is 0 Å². The molecule has 0 saturated carbocycles. The Bertz CT molecular complexity index is 871. The highest BCUT2D eigenvalue weighted by Crippen LogP contribution is 2.37. The molecule has 6 nitrogen and oxygen atoms in total. The molecule has 1 aliphatic rings. The fourth-order valence-electron chi connectivity index (χ4n) is 3.11. The average molecular weight is 371 g/mol. The minimum Gasteiger partial charge on any atom is -0.365 e. The quantitative estimate of drug-likeness (QED) is 0.791. The summed E-state index contributed by atoms with van der Waals surface area (Å²) in [6, 6.07) is 6.43. The van der Waals surface area contributed by atoms with Crippen molar-refractivity contribution in [3.05, 3.63) is 51.4 Å². The predicted molar refractivity (Wildman–Crippen MR) is 102 cm³/mol. The van der Waals surface area contributed by atoms with Crippen molar-refractivity contribution in [2.75, 3.05) is 18.4 Å². The summed E-state index contributed by atoms with van der Waals surface area (Å²) < 4.78 is 0. The van der Waals surface area contributed by atoms with Crippen molar-refractivity contribution in [1.29, 1.82) is 0 Å². The molecule has 1 aromatic carbocycles. The molecule has 3 N–H and O–H groups in total. The standard InChI is InChI=1S/C19H21N3O3S/c1-3-22-9-8-14-15(10-22)26-19(16(14)17(20)24)21-18(25)13-6-4-12(5-7-13)11(2)23/h4-7H,3,8-10H2,1-2H3,(H2,20,24)(H,21,25). The Labute approximate surface area is 156 Å². The van der Waals surface area contributed by atoms with E-state index in [1.54, 1.807) is 24.3 Å². The zero-order valence-corrected chi connectivity index (χ0v) is 15.6. The first kappa shape index (κ1) is 18.3. The minimum absolute atomic E-state index is 0.0561. The van der Waals surface area contributed by atoms with Crippen LogP contribution >= 0.6 is 11.3 Å². The second-order valence-corrected chi connectivity index (χ2v) is 7.38. The largest absolute Gasteiger partial charge is 0.365 e. The monoisotopic (exact) mass is 371 g/mol. The number of nitrogens with one attached hydrogen (secondary N) is 1. The lowest BCUT2D eigenvalue weighted by molar-refractivity contribution is 0.0995. The lowest BCUT2D eigenvalue weighted by Crippen LogP contribution is -2.30. The van der Waals surface area contributed by atoms with Gasteiger partial charge in [0, 0.05) is 29.1 Å². The highest BCUT2D eigenvalue weighted by Gasteiger charge is 2.27. The van der Waals surface area contributed by atoms with Crippen LogP contribution in [-0.2, 0) is 13.0 Å². The van der Waals surface area contributed by atoms with Gasteiger partial charge >= 0.3 is 0 Å². The van der Waals surface area contributed by atoms with Gasteiger partial charge in [-0.3, -0.25) is 19.3 Å². The molecule has 26 heavy (non-hydrogen) atoms. The van der Waals surface area contributed by atoms with Crippen LogP contribution in [-0.4, -0.2) is 35.6 Å². The zero-order valence-electron chi connectivity index (χ0n) is 14.8. The summed E-state index contributed by atoms with van der Waals surface area (Å²) in [6.07, 6.45) is 0.751. The Morgan fingerprint density at radius 1 is 1.19 bits per heavy atom. The molecule has 1 aliphatic heterocycles. The number of hydrogen-bond acceptors (Lipinski definition) is 5. The molecule has 3 rings (SSSR count). The lowest BCUT2D eigenvalue weighted by Gasteiger charge is -2.25. The van der Waals surface area contributed by atoms with Crippen LogP contribution in [0.1, 0.15) is 55.4 Å². The van der Waals surface area contributed by atoms with E-state index >= 15 is 0 Å². The van der Waals surface area contributed by atoms with Gasteiger partial charge in [0.1, 0.15) is 5.00 Å². The number of carbonyl (C=O) groups is 3. The number of hydrogen-bond donors (Lipinski definition) is 2. The van der Waals surface area contributed by atoms with Crippen LogP contribution < -0.4 is 11.1 Å². The highest BCUT2D eigenvalue weighted by atomic mass is 32.1. The number of anilines is 1. The number of nitrogens with zero attached hydrogens (tertiary/aromatic N) is 1. The number of amides is 2. The van der Waals surface area contributed by atoms with E-state index in [-0.39, 0.29) is 11.7 Å². The molecule has 0 atom stereocenters. The first-order valence-electron chi connectivity index (χ1n) is 8.49. The van der Waals surface area contributed by atoms with Gasteiger partial charge in [0.15, 0.2) is 5.78 Å². The molecule has 2 amide bonds. The van der Waals surface area contributed by atoms with Gasteiger partial charge in [-0.15, -0.1) is 11.3 Å². The number of nitrogens with two attached hydrogens (primary N) is 1. The predicted octanol–water partition coefficient (Wildman–Crippen LogP) is 2.68. The van der Waals surface area contributed by atoms with Gasteiger partial charge in [-0.2, -0.15) is 0 Å². The summed E-state index contributed by atoms with van der Waals surface area (Å²) in [6.45, 7) is 6.15. The van der Waals surface area contributed by atoms with Crippen LogP contribution in [0.3, 0.4) is 0 Å². The molecule has 0 radical (unpaired) electrons. The summed E-state index contributed by atoms with van der Waals surface area (Å²) in [7, 11) is 0. The first-order chi connectivity index (χ1) is 12.4. The van der Waals surface area contributed by atoms with Gasteiger partial charge in [-0.1, -0.05) is 19.1 Å². The van der Waals surface area contributed by atoms with Crippen LogP contribution in [0.25, 0.3) is 0 Å². The van der Waals surface area contributed by atoms with E-state index in [9.17, 15) is 14.4 Å². The second-order valence-electron chi connectivity index (χ2n) is 6.28. The van der Waals surface area contributed by atoms with Gasteiger partial charge in [0.25, 0.3) is 11.8 Å². The molecular weight excluding hydrogens is 350 g/mol. The third-order valence-corrected chi connectivity index (χ3v) is 5.74. The third-order valence-electron chi connectivity index (χ3n) is 4.61. The zero-order chi connectivity index (χ0) is 18.8. The van der Waals surface area contributed by atoms with Gasteiger partial charge in [-0.05, 0) is 37.6 Å². The van der Waals surface area contributed by atoms with Crippen LogP contribution in [0.15, 0.2) is 24.3 Å². The Kier molecular flexibility index (Phi) is 5.20. The Balaban J connectivity index is 1.87. The van der Waals surface area contributed by atoms with E-state index in [0.717, 1.165) is 36.5 Å². The van der Waals surface area contributed by atoms with E-state index in [0.29, 0.717) is 21.7 Å². The maximum atomic E-state index is 12.6. The Hall–Kier alpha value is -2.51. The molecule has 0 spiro atoms. The smallest absolute Gasteiger partial charge is 0.256 e. The van der Waals surface area contributed by atoms with E-state index < -0.39 is 5.91 Å². The summed E-state index contributed by atoms with van der Waals surface area (Å²) in [5.41, 5.74) is 7.93. The van der Waals surface area contributed by atoms with Crippen molar-refractivity contribution < 1.29 is 14.4 Å². The SMILES string of the molecule is CCN1CCc2c(sc(NC(=O)c3ccc(C(C)=O)cc3)c2C(N)=O)C1. The molecule has 0 unspecified atom stereocenters. The third kappa shape index (κ3) is 3.54. The van der Waals surface area contributed by atoms with Crippen molar-refractivity contribution in [2.45, 2.75) is 26.8 Å². The molecule has 1 aromatic heterocycles. The van der Waals surface area contributed by atoms with Crippen molar-refractivity contribution >= 4 is 33.9 Å². The second kappa shape index (κ2) is 7.39. The molecule has 2 aromatic rings. The van der Waals surface area contributed by atoms with Crippen molar-refractivity contribution in [3.63, 3.8) is 0 Å². The van der Waals surface area contributed by atoms with Crippen LogP contribution in [0.5, 0.6) is 0 Å². The summed E-state index contributed by atoms with van der Waals surface area (Å²) in [4.78, 5) is 39.2. The van der Waals surface area contributed by atoms with Crippen molar-refractivity contribution in [3.8, 4) is 0 Å². The number of likely N-dealkylation sites (N-methyl/N-ethyl adjacent to an activating group) is 1. The normalized spacial score (nSPS) is 13.9. The van der Waals surface area contributed by atoms with E-state index in [1.165, 1.54) is 18.3 Å².